The largest absolute Gasteiger partial charge is 0.314 e. The lowest BCUT2D eigenvalue weighted by molar-refractivity contribution is -0.918. The molecular weight excluding hydrogens is 214 g/mol. The molecule has 0 aliphatic heterocycles. The molecule has 0 rings (SSSR count). The first-order valence-electron chi connectivity index (χ1n) is 5.13. The normalized spacial score (nSPS) is 12.4. The highest BCUT2D eigenvalue weighted by molar-refractivity contribution is 7.85. The number of nitrogens with zero attached hydrogens (tertiary/aromatic N) is 1. The van der Waals surface area contributed by atoms with Gasteiger partial charge in [-0.2, -0.15) is 8.42 Å². The maximum absolute atomic E-state index is 10.6. The Balaban J connectivity index is 4.25. The minimum absolute atomic E-state index is 0.183. The molecule has 0 spiro atoms. The van der Waals surface area contributed by atoms with E-state index in [1.54, 1.807) is 0 Å². The van der Waals surface area contributed by atoms with Gasteiger partial charge in [0.15, 0.2) is 0 Å². The fraction of sp³-hybridized carbons (Fsp3) is 0.800. The average Bonchev–Trinajstić information content (AvgIpc) is 2.14. The number of quaternary nitrogens is 1. The Hall–Kier alpha value is -0.570. The smallest absolute Gasteiger partial charge is 0.265 e. The van der Waals surface area contributed by atoms with Crippen molar-refractivity contribution in [3.8, 4) is 12.3 Å². The second-order valence-corrected chi connectivity index (χ2v) is 5.27. The zero-order valence-corrected chi connectivity index (χ0v) is 10.3. The second-order valence-electron chi connectivity index (χ2n) is 3.70. The molecule has 15 heavy (non-hydrogen) atoms. The van der Waals surface area contributed by atoms with Crippen LogP contribution in [0.25, 0.3) is 0 Å². The SMILES string of the molecule is C#CC[N+](CC)(CC)CCCS(=O)(=O)O. The molecule has 0 aromatic rings. The Bertz CT molecular complexity index is 312. The Morgan fingerprint density at radius 3 is 2.20 bits per heavy atom. The summed E-state index contributed by atoms with van der Waals surface area (Å²) >= 11 is 0. The van der Waals surface area contributed by atoms with Crippen LogP contribution in [0.5, 0.6) is 0 Å². The minimum Gasteiger partial charge on any atom is -0.314 e. The van der Waals surface area contributed by atoms with E-state index in [2.05, 4.69) is 5.92 Å². The summed E-state index contributed by atoms with van der Waals surface area (Å²) in [6.45, 7) is 7.14. The van der Waals surface area contributed by atoms with Crippen LogP contribution in [-0.4, -0.2) is 49.4 Å². The van der Waals surface area contributed by atoms with Crippen molar-refractivity contribution in [1.29, 1.82) is 0 Å². The van der Waals surface area contributed by atoms with E-state index in [0.717, 1.165) is 13.1 Å². The van der Waals surface area contributed by atoms with Crippen LogP contribution in [-0.2, 0) is 10.1 Å². The third-order valence-corrected chi connectivity index (χ3v) is 3.61. The van der Waals surface area contributed by atoms with Gasteiger partial charge in [0.2, 0.25) is 0 Å². The van der Waals surface area contributed by atoms with Gasteiger partial charge < -0.3 is 4.48 Å². The molecular formula is C10H20NO3S+. The van der Waals surface area contributed by atoms with Gasteiger partial charge >= 0.3 is 0 Å². The van der Waals surface area contributed by atoms with E-state index in [-0.39, 0.29) is 5.75 Å². The molecule has 1 N–H and O–H groups in total. The van der Waals surface area contributed by atoms with E-state index >= 15 is 0 Å². The second kappa shape index (κ2) is 6.11. The molecule has 0 unspecified atom stereocenters. The van der Waals surface area contributed by atoms with Crippen molar-refractivity contribution < 1.29 is 17.5 Å². The van der Waals surface area contributed by atoms with Gasteiger partial charge in [0.1, 0.15) is 6.54 Å². The monoisotopic (exact) mass is 234 g/mol. The first-order valence-corrected chi connectivity index (χ1v) is 6.74. The molecule has 0 amide bonds. The standard InChI is InChI=1S/C10H19NO3S/c1-4-8-11(5-2,6-3)9-7-10-15(12,13)14/h1H,5-10H2,2-3H3/p+1. The molecule has 0 saturated heterocycles. The molecule has 0 aromatic carbocycles. The fourth-order valence-corrected chi connectivity index (χ4v) is 2.11. The van der Waals surface area contributed by atoms with E-state index < -0.39 is 10.1 Å². The summed E-state index contributed by atoms with van der Waals surface area (Å²) in [5.74, 6) is 2.44. The van der Waals surface area contributed by atoms with Crippen LogP contribution in [0.4, 0.5) is 0 Å². The summed E-state index contributed by atoms with van der Waals surface area (Å²) in [6, 6.07) is 0. The van der Waals surface area contributed by atoms with Gasteiger partial charge in [-0.3, -0.25) is 4.55 Å². The summed E-state index contributed by atoms with van der Waals surface area (Å²) < 4.78 is 30.4. The van der Waals surface area contributed by atoms with Gasteiger partial charge in [-0.05, 0) is 19.8 Å². The summed E-state index contributed by atoms with van der Waals surface area (Å²) in [6.07, 6.45) is 5.74. The number of hydrogen-bond donors (Lipinski definition) is 1. The van der Waals surface area contributed by atoms with Gasteiger partial charge in [0.05, 0.1) is 25.4 Å². The predicted octanol–water partition coefficient (Wildman–Crippen LogP) is 0.754. The highest BCUT2D eigenvalue weighted by Crippen LogP contribution is 2.07. The van der Waals surface area contributed by atoms with Crippen LogP contribution in [0.2, 0.25) is 0 Å². The van der Waals surface area contributed by atoms with E-state index in [4.69, 9.17) is 11.0 Å². The quantitative estimate of drug-likeness (QED) is 0.402. The molecule has 0 aliphatic rings. The molecule has 0 saturated carbocycles. The highest BCUT2D eigenvalue weighted by Gasteiger charge is 2.22. The molecule has 5 heteroatoms. The van der Waals surface area contributed by atoms with Crippen molar-refractivity contribution >= 4 is 10.1 Å². The van der Waals surface area contributed by atoms with E-state index in [0.29, 0.717) is 24.0 Å². The van der Waals surface area contributed by atoms with Crippen molar-refractivity contribution in [2.24, 2.45) is 0 Å². The Labute approximate surface area is 92.6 Å². The first kappa shape index (κ1) is 14.4. The molecule has 0 heterocycles. The van der Waals surface area contributed by atoms with Crippen LogP contribution in [0.15, 0.2) is 0 Å². The lowest BCUT2D eigenvalue weighted by Gasteiger charge is -2.34. The van der Waals surface area contributed by atoms with Crippen LogP contribution in [0.3, 0.4) is 0 Å². The molecule has 0 fully saturated rings. The van der Waals surface area contributed by atoms with Crippen LogP contribution < -0.4 is 0 Å². The van der Waals surface area contributed by atoms with Crippen molar-refractivity contribution in [1.82, 2.24) is 0 Å². The number of rotatable bonds is 7. The van der Waals surface area contributed by atoms with Crippen molar-refractivity contribution in [2.45, 2.75) is 20.3 Å². The zero-order chi connectivity index (χ0) is 11.9. The van der Waals surface area contributed by atoms with Crippen LogP contribution in [0, 0.1) is 12.3 Å². The van der Waals surface area contributed by atoms with E-state index in [1.165, 1.54) is 0 Å². The Morgan fingerprint density at radius 1 is 1.33 bits per heavy atom. The summed E-state index contributed by atoms with van der Waals surface area (Å²) in [5.41, 5.74) is 0. The Morgan fingerprint density at radius 2 is 1.87 bits per heavy atom. The van der Waals surface area contributed by atoms with Crippen molar-refractivity contribution in [3.05, 3.63) is 0 Å². The third-order valence-electron chi connectivity index (χ3n) is 2.80. The van der Waals surface area contributed by atoms with E-state index in [1.807, 2.05) is 13.8 Å². The van der Waals surface area contributed by atoms with Gasteiger partial charge in [-0.15, -0.1) is 6.42 Å². The molecule has 0 atom stereocenters. The molecule has 0 aliphatic carbocycles. The maximum Gasteiger partial charge on any atom is 0.265 e. The first-order chi connectivity index (χ1) is 6.89. The minimum atomic E-state index is -3.84. The van der Waals surface area contributed by atoms with Gasteiger partial charge in [0, 0.05) is 6.42 Å². The zero-order valence-electron chi connectivity index (χ0n) is 9.44. The fourth-order valence-electron chi connectivity index (χ4n) is 1.62. The molecule has 88 valence electrons. The van der Waals surface area contributed by atoms with Gasteiger partial charge in [-0.1, -0.05) is 0 Å². The third kappa shape index (κ3) is 5.78. The molecule has 0 aromatic heterocycles. The lowest BCUT2D eigenvalue weighted by Crippen LogP contribution is -2.49. The summed E-state index contributed by atoms with van der Waals surface area (Å²) in [5, 5.41) is 0. The summed E-state index contributed by atoms with van der Waals surface area (Å²) in [7, 11) is -3.84. The predicted molar refractivity (Wildman–Crippen MR) is 60.9 cm³/mol. The Kier molecular flexibility index (Phi) is 5.88. The average molecular weight is 234 g/mol. The topological polar surface area (TPSA) is 54.4 Å². The molecule has 0 radical (unpaired) electrons. The van der Waals surface area contributed by atoms with Crippen LogP contribution in [0.1, 0.15) is 20.3 Å². The summed E-state index contributed by atoms with van der Waals surface area (Å²) in [4.78, 5) is 0. The van der Waals surface area contributed by atoms with Crippen molar-refractivity contribution in [2.75, 3.05) is 31.9 Å². The van der Waals surface area contributed by atoms with Gasteiger partial charge in [-0.25, -0.2) is 0 Å². The van der Waals surface area contributed by atoms with Crippen LogP contribution >= 0.6 is 0 Å². The van der Waals surface area contributed by atoms with Gasteiger partial charge in [0.25, 0.3) is 10.1 Å². The van der Waals surface area contributed by atoms with E-state index in [9.17, 15) is 8.42 Å². The maximum atomic E-state index is 10.6. The molecule has 4 nitrogen and oxygen atoms in total. The lowest BCUT2D eigenvalue weighted by atomic mass is 10.3. The molecule has 0 bridgehead atoms. The number of terminal acetylenes is 1. The highest BCUT2D eigenvalue weighted by atomic mass is 32.2. The van der Waals surface area contributed by atoms with Crippen molar-refractivity contribution in [3.63, 3.8) is 0 Å². The number of hydrogen-bond acceptors (Lipinski definition) is 2.